The summed E-state index contributed by atoms with van der Waals surface area (Å²) < 4.78 is 28.2. The number of nitrogens with zero attached hydrogens (tertiary/aromatic N) is 1. The maximum Gasteiger partial charge on any atom is 0.243 e. The van der Waals surface area contributed by atoms with Crippen LogP contribution in [0.3, 0.4) is 0 Å². The van der Waals surface area contributed by atoms with Crippen LogP contribution in [-0.4, -0.2) is 46.3 Å². The van der Waals surface area contributed by atoms with E-state index in [0.29, 0.717) is 30.3 Å². The Hall–Kier alpha value is -1.19. The van der Waals surface area contributed by atoms with Crippen molar-refractivity contribution in [3.8, 4) is 0 Å². The number of aliphatic hydroxyl groups is 2. The molecular weight excluding hydrogens is 342 g/mol. The summed E-state index contributed by atoms with van der Waals surface area (Å²) >= 11 is 5.81. The number of pyridine rings is 1. The lowest BCUT2D eigenvalue weighted by molar-refractivity contribution is -0.0283. The molecule has 0 aliphatic heterocycles. The van der Waals surface area contributed by atoms with Crippen molar-refractivity contribution in [3.05, 3.63) is 23.5 Å². The predicted octanol–water partition coefficient (Wildman–Crippen LogP) is 0.769. The van der Waals surface area contributed by atoms with Gasteiger partial charge in [-0.1, -0.05) is 11.6 Å². The third-order valence-electron chi connectivity index (χ3n) is 5.05. The summed E-state index contributed by atoms with van der Waals surface area (Å²) in [7, 11) is -3.88. The van der Waals surface area contributed by atoms with Crippen molar-refractivity contribution < 1.29 is 18.6 Å². The average molecular weight is 358 g/mol. The van der Waals surface area contributed by atoms with Gasteiger partial charge in [0.2, 0.25) is 10.0 Å². The summed E-state index contributed by atoms with van der Waals surface area (Å²) in [4.78, 5) is 6.90. The second-order valence-electron chi connectivity index (χ2n) is 6.38. The van der Waals surface area contributed by atoms with Crippen molar-refractivity contribution >= 4 is 32.7 Å². The van der Waals surface area contributed by atoms with Gasteiger partial charge in [-0.05, 0) is 37.3 Å². The largest absolute Gasteiger partial charge is 0.390 e. The first-order chi connectivity index (χ1) is 10.8. The number of aromatic amines is 1. The molecule has 4 N–H and O–H groups in total. The number of halogens is 1. The fourth-order valence-electron chi connectivity index (χ4n) is 3.91. The number of hydrogen-bond acceptors (Lipinski definition) is 5. The second kappa shape index (κ2) is 4.90. The van der Waals surface area contributed by atoms with Crippen LogP contribution in [0.2, 0.25) is 5.15 Å². The summed E-state index contributed by atoms with van der Waals surface area (Å²) in [6, 6.07) is 3.11. The van der Waals surface area contributed by atoms with Crippen molar-refractivity contribution in [1.82, 2.24) is 14.7 Å². The maximum atomic E-state index is 12.8. The number of rotatable bonds is 3. The highest BCUT2D eigenvalue weighted by Gasteiger charge is 2.58. The molecule has 2 unspecified atom stereocenters. The van der Waals surface area contributed by atoms with E-state index in [1.54, 1.807) is 6.07 Å². The van der Waals surface area contributed by atoms with Crippen molar-refractivity contribution in [2.24, 2.45) is 5.92 Å². The van der Waals surface area contributed by atoms with Crippen LogP contribution >= 0.6 is 11.6 Å². The van der Waals surface area contributed by atoms with Crippen molar-refractivity contribution in [1.29, 1.82) is 0 Å². The molecule has 124 valence electrons. The smallest absolute Gasteiger partial charge is 0.243 e. The van der Waals surface area contributed by atoms with Crippen molar-refractivity contribution in [2.45, 2.75) is 41.9 Å². The first-order valence-electron chi connectivity index (χ1n) is 7.36. The third-order valence-corrected chi connectivity index (χ3v) is 6.86. The lowest BCUT2D eigenvalue weighted by Gasteiger charge is -2.34. The number of nitrogens with one attached hydrogen (secondary N) is 2. The van der Waals surface area contributed by atoms with E-state index in [0.717, 1.165) is 0 Å². The molecule has 0 saturated heterocycles. The zero-order valence-corrected chi connectivity index (χ0v) is 13.6. The molecule has 23 heavy (non-hydrogen) atoms. The average Bonchev–Trinajstić information content (AvgIpc) is 3.14. The lowest BCUT2D eigenvalue weighted by Crippen LogP contribution is -2.56. The van der Waals surface area contributed by atoms with Gasteiger partial charge in [-0.15, -0.1) is 0 Å². The zero-order valence-electron chi connectivity index (χ0n) is 12.0. The van der Waals surface area contributed by atoms with Crippen LogP contribution in [0.25, 0.3) is 11.0 Å². The highest BCUT2D eigenvalue weighted by Crippen LogP contribution is 2.48. The fourth-order valence-corrected chi connectivity index (χ4v) is 5.68. The molecule has 2 fully saturated rings. The molecule has 0 radical (unpaired) electrons. The fraction of sp³-hybridized carbons (Fsp3) is 0.500. The second-order valence-corrected chi connectivity index (χ2v) is 8.42. The highest BCUT2D eigenvalue weighted by molar-refractivity contribution is 7.89. The van der Waals surface area contributed by atoms with Crippen LogP contribution in [0.5, 0.6) is 0 Å². The molecule has 0 spiro atoms. The molecule has 2 bridgehead atoms. The minimum atomic E-state index is -3.88. The Morgan fingerprint density at radius 1 is 1.39 bits per heavy atom. The van der Waals surface area contributed by atoms with Crippen LogP contribution < -0.4 is 4.72 Å². The van der Waals surface area contributed by atoms with Crippen molar-refractivity contribution in [2.75, 3.05) is 0 Å². The number of hydrogen-bond donors (Lipinski definition) is 4. The Morgan fingerprint density at radius 3 is 2.87 bits per heavy atom. The summed E-state index contributed by atoms with van der Waals surface area (Å²) in [5.41, 5.74) is -0.613. The molecule has 2 aromatic heterocycles. The molecule has 2 heterocycles. The SMILES string of the molecule is O=S(=O)(NC12CCC(C1)[C@H](O)[C@@H]2O)c1c[nH]c2nc(Cl)ccc12. The molecule has 2 aromatic rings. The number of aromatic nitrogens is 2. The van der Waals surface area contributed by atoms with Gasteiger partial charge in [0.25, 0.3) is 0 Å². The molecule has 7 nitrogen and oxygen atoms in total. The van der Waals surface area contributed by atoms with E-state index in [9.17, 15) is 18.6 Å². The number of aliphatic hydroxyl groups excluding tert-OH is 2. The molecule has 2 aliphatic rings. The van der Waals surface area contributed by atoms with Gasteiger partial charge in [0.05, 0.1) is 17.7 Å². The predicted molar refractivity (Wildman–Crippen MR) is 83.5 cm³/mol. The summed E-state index contributed by atoms with van der Waals surface area (Å²) in [6.45, 7) is 0. The highest BCUT2D eigenvalue weighted by atomic mass is 35.5. The molecule has 9 heteroatoms. The monoisotopic (exact) mass is 357 g/mol. The Bertz CT molecular complexity index is 883. The standard InChI is InChI=1S/C14H16ClN3O4S/c15-10-2-1-8-9(6-16-13(8)17-10)23(21,22)18-14-4-3-7(5-14)11(19)12(14)20/h1-2,6-7,11-12,18-20H,3-5H2,(H,16,17)/t7?,11-,12-,14?/m0/s1. The van der Waals surface area contributed by atoms with Gasteiger partial charge in [-0.25, -0.2) is 18.1 Å². The van der Waals surface area contributed by atoms with E-state index in [-0.39, 0.29) is 16.0 Å². The number of sulfonamides is 1. The van der Waals surface area contributed by atoms with Gasteiger partial charge >= 0.3 is 0 Å². The van der Waals surface area contributed by atoms with E-state index in [1.165, 1.54) is 12.3 Å². The summed E-state index contributed by atoms with van der Waals surface area (Å²) in [5.74, 6) is -0.0591. The quantitative estimate of drug-likeness (QED) is 0.606. The number of H-pyrrole nitrogens is 1. The molecule has 2 aliphatic carbocycles. The maximum absolute atomic E-state index is 12.8. The summed E-state index contributed by atoms with van der Waals surface area (Å²) in [5, 5.41) is 20.9. The van der Waals surface area contributed by atoms with Gasteiger partial charge in [-0.2, -0.15) is 0 Å². The third kappa shape index (κ3) is 2.20. The minimum absolute atomic E-state index is 0.0584. The van der Waals surface area contributed by atoms with E-state index < -0.39 is 27.8 Å². The minimum Gasteiger partial charge on any atom is -0.390 e. The van der Waals surface area contributed by atoms with Crippen LogP contribution in [0.4, 0.5) is 0 Å². The van der Waals surface area contributed by atoms with E-state index in [1.807, 2.05) is 0 Å². The van der Waals surface area contributed by atoms with Gasteiger partial charge in [0.15, 0.2) is 0 Å². The van der Waals surface area contributed by atoms with Gasteiger partial charge in [0.1, 0.15) is 15.7 Å². The zero-order chi connectivity index (χ0) is 16.4. The molecule has 0 amide bonds. The van der Waals surface area contributed by atoms with E-state index >= 15 is 0 Å². The van der Waals surface area contributed by atoms with Crippen LogP contribution in [-0.2, 0) is 10.0 Å². The molecule has 2 saturated carbocycles. The van der Waals surface area contributed by atoms with E-state index in [4.69, 9.17) is 11.6 Å². The first kappa shape index (κ1) is 15.3. The lowest BCUT2D eigenvalue weighted by atomic mass is 9.90. The van der Waals surface area contributed by atoms with Crippen LogP contribution in [0, 0.1) is 5.92 Å². The Kier molecular flexibility index (Phi) is 3.27. The van der Waals surface area contributed by atoms with Crippen molar-refractivity contribution in [3.63, 3.8) is 0 Å². The Morgan fingerprint density at radius 2 is 2.17 bits per heavy atom. The first-order valence-corrected chi connectivity index (χ1v) is 9.22. The molecule has 0 aromatic carbocycles. The van der Waals surface area contributed by atoms with Gasteiger partial charge in [0, 0.05) is 11.6 Å². The molecule has 4 rings (SSSR count). The topological polar surface area (TPSA) is 115 Å². The van der Waals surface area contributed by atoms with E-state index in [2.05, 4.69) is 14.7 Å². The van der Waals surface area contributed by atoms with Crippen LogP contribution in [0.1, 0.15) is 19.3 Å². The number of fused-ring (bicyclic) bond motifs is 3. The van der Waals surface area contributed by atoms with Gasteiger partial charge in [-0.3, -0.25) is 0 Å². The Balaban J connectivity index is 1.73. The Labute approximate surface area is 137 Å². The normalized spacial score (nSPS) is 33.6. The molecule has 4 atom stereocenters. The van der Waals surface area contributed by atoms with Gasteiger partial charge < -0.3 is 15.2 Å². The van der Waals surface area contributed by atoms with Crippen LogP contribution in [0.15, 0.2) is 23.2 Å². The molecular formula is C14H16ClN3O4S. The summed E-state index contributed by atoms with van der Waals surface area (Å²) in [6.07, 6.45) is 1.05.